The minimum Gasteiger partial charge on any atom is -0.400 e. The first-order valence-electron chi connectivity index (χ1n) is 4.46. The third-order valence-corrected chi connectivity index (χ3v) is 1.19. The van der Waals surface area contributed by atoms with Gasteiger partial charge >= 0.3 is 0 Å². The quantitative estimate of drug-likeness (QED) is 0.380. The van der Waals surface area contributed by atoms with Crippen molar-refractivity contribution in [2.24, 2.45) is 0 Å². The van der Waals surface area contributed by atoms with E-state index in [1.165, 1.54) is 0 Å². The van der Waals surface area contributed by atoms with Crippen LogP contribution in [0.25, 0.3) is 11.0 Å². The summed E-state index contributed by atoms with van der Waals surface area (Å²) in [5.74, 6) is 0. The molecule has 0 radical (unpaired) electrons. The number of hydrogen-bond donors (Lipinski definition) is 4. The van der Waals surface area contributed by atoms with Crippen LogP contribution in [0.15, 0.2) is 24.3 Å². The van der Waals surface area contributed by atoms with Crippen molar-refractivity contribution in [2.75, 3.05) is 28.4 Å². The molecule has 0 aliphatic rings. The van der Waals surface area contributed by atoms with E-state index >= 15 is 0 Å². The molecule has 0 amide bonds. The molecule has 1 aromatic heterocycles. The molecule has 0 aliphatic heterocycles. The largest absolute Gasteiger partial charge is 0.400 e. The number of fused-ring (bicyclic) bond motifs is 1. The zero-order valence-electron chi connectivity index (χ0n) is 10.9. The van der Waals surface area contributed by atoms with E-state index in [0.717, 1.165) is 39.5 Å². The maximum atomic E-state index is 7.00. The van der Waals surface area contributed by atoms with Gasteiger partial charge in [0.1, 0.15) is 0 Å². The molecule has 4 N–H and O–H groups in total. The molecule has 2 rings (SSSR count). The van der Waals surface area contributed by atoms with Crippen molar-refractivity contribution in [1.82, 2.24) is 15.4 Å². The Kier molecular flexibility index (Phi) is 36.9. The van der Waals surface area contributed by atoms with E-state index in [9.17, 15) is 0 Å². The number of aromatic nitrogens is 3. The van der Waals surface area contributed by atoms with Crippen LogP contribution in [0, 0.1) is 31.1 Å². The Morgan fingerprint density at radius 2 is 1.28 bits per heavy atom. The summed E-state index contributed by atoms with van der Waals surface area (Å²) in [5, 5.41) is 39.0. The van der Waals surface area contributed by atoms with Crippen molar-refractivity contribution >= 4 is 11.0 Å². The summed E-state index contributed by atoms with van der Waals surface area (Å²) in [6.07, 6.45) is 0. The van der Waals surface area contributed by atoms with Gasteiger partial charge in [-0.05, 0) is 11.0 Å². The van der Waals surface area contributed by atoms with Gasteiger partial charge in [0, 0.05) is 59.6 Å². The summed E-state index contributed by atoms with van der Waals surface area (Å²) in [6.45, 7) is 0. The summed E-state index contributed by atoms with van der Waals surface area (Å²) < 4.78 is 0. The van der Waals surface area contributed by atoms with E-state index in [2.05, 4.69) is 15.4 Å². The van der Waals surface area contributed by atoms with Crippen LogP contribution < -0.4 is 5.10 Å². The van der Waals surface area contributed by atoms with Crippen LogP contribution in [0.3, 0.4) is 0 Å². The second kappa shape index (κ2) is 25.4. The number of rotatable bonds is 0. The topological polar surface area (TPSA) is 121 Å². The fourth-order valence-electron chi connectivity index (χ4n) is 0.752. The molecule has 0 unspecified atom stereocenters. The van der Waals surface area contributed by atoms with Crippen LogP contribution in [0.1, 0.15) is 0 Å². The first kappa shape index (κ1) is 26.2. The van der Waals surface area contributed by atoms with Gasteiger partial charge in [-0.1, -0.05) is 24.3 Å². The van der Waals surface area contributed by atoms with Crippen LogP contribution in [0.5, 0.6) is 0 Å². The smallest absolute Gasteiger partial charge is 0.0319 e. The predicted molar refractivity (Wildman–Crippen MR) is 65.4 cm³/mol. The molecule has 0 fully saturated rings. The van der Waals surface area contributed by atoms with Gasteiger partial charge in [-0.2, -0.15) is 0 Å². The van der Waals surface area contributed by atoms with Crippen LogP contribution in [0.4, 0.5) is 0 Å². The number of benzene rings is 1. The minimum absolute atomic E-state index is 0. The zero-order chi connectivity index (χ0) is 14.1. The molecule has 0 bridgehead atoms. The number of hydrogen-bond acceptors (Lipinski definition) is 6. The van der Waals surface area contributed by atoms with Gasteiger partial charge in [0.2, 0.25) is 0 Å². The van der Waals surface area contributed by atoms with E-state index in [1.807, 2.05) is 24.3 Å². The maximum Gasteiger partial charge on any atom is 0.0319 e. The monoisotopic (exact) mass is 484 g/mol. The molecular weight excluding hydrogens is 464 g/mol. The summed E-state index contributed by atoms with van der Waals surface area (Å²) in [7, 11) is 4.00. The molecule has 104 valence electrons. The Labute approximate surface area is 130 Å². The number of aliphatic hydroxyl groups is 4. The van der Waals surface area contributed by atoms with Gasteiger partial charge < -0.3 is 30.6 Å². The van der Waals surface area contributed by atoms with Crippen molar-refractivity contribution in [3.63, 3.8) is 0 Å². The van der Waals surface area contributed by atoms with Crippen molar-refractivity contribution in [3.8, 4) is 0 Å². The molecule has 1 aromatic carbocycles. The summed E-state index contributed by atoms with van der Waals surface area (Å²) in [6, 6.07) is 7.60. The summed E-state index contributed by atoms with van der Waals surface area (Å²) in [4.78, 5) is 0. The molecule has 0 saturated heterocycles. The first-order chi connectivity index (χ1) is 8.47. The van der Waals surface area contributed by atoms with Gasteiger partial charge in [0.15, 0.2) is 0 Å². The summed E-state index contributed by atoms with van der Waals surface area (Å²) >= 11 is 0. The van der Waals surface area contributed by atoms with E-state index in [0.29, 0.717) is 0 Å². The second-order valence-corrected chi connectivity index (χ2v) is 1.78. The second-order valence-electron chi connectivity index (χ2n) is 1.78. The summed E-state index contributed by atoms with van der Waals surface area (Å²) in [5.41, 5.74) is 1.72. The van der Waals surface area contributed by atoms with E-state index in [-0.39, 0.29) is 31.1 Å². The van der Waals surface area contributed by atoms with Crippen LogP contribution in [0.2, 0.25) is 0 Å². The molecule has 18 heavy (non-hydrogen) atoms. The van der Waals surface area contributed by atoms with Crippen LogP contribution >= 0.6 is 0 Å². The minimum atomic E-state index is 0. The zero-order valence-corrected chi connectivity index (χ0v) is 15.1. The van der Waals surface area contributed by atoms with Gasteiger partial charge in [0.05, 0.1) is 0 Å². The number of nitrogens with zero attached hydrogens (tertiary/aromatic N) is 3. The molecule has 2 aromatic rings. The van der Waals surface area contributed by atoms with Crippen LogP contribution in [-0.2, 0) is 0 Å². The van der Waals surface area contributed by atoms with Crippen molar-refractivity contribution in [3.05, 3.63) is 24.3 Å². The third-order valence-electron chi connectivity index (χ3n) is 1.19. The van der Waals surface area contributed by atoms with Crippen LogP contribution in [-0.4, -0.2) is 59.2 Å². The first-order valence-corrected chi connectivity index (χ1v) is 4.46. The van der Waals surface area contributed by atoms with E-state index in [4.69, 9.17) is 20.4 Å². The maximum absolute atomic E-state index is 7.00. The van der Waals surface area contributed by atoms with E-state index < -0.39 is 0 Å². The van der Waals surface area contributed by atoms with E-state index in [1.54, 1.807) is 0 Å². The normalized spacial score (nSPS) is 6.44. The Balaban J connectivity index is -0.0000000953. The Morgan fingerprint density at radius 3 is 1.72 bits per heavy atom. The third kappa shape index (κ3) is 12.0. The molecule has 0 atom stereocenters. The number of aliphatic hydroxyl groups excluding tert-OH is 4. The Morgan fingerprint density at radius 1 is 0.833 bits per heavy atom. The average Bonchev–Trinajstić information content (AvgIpc) is 2.96. The molecule has 1 heterocycles. The molecular formula is C10H20N3O4U-. The standard InChI is InChI=1S/C6H4N3.4CH4O.U/c1-2-4-6-5(3-1)7-9-8-6;4*1-2;/h1-4H;4*2H,1H3;/q-1;;;;;. The predicted octanol–water partition coefficient (Wildman–Crippen LogP) is -0.979. The van der Waals surface area contributed by atoms with Crippen molar-refractivity contribution < 1.29 is 51.5 Å². The molecule has 0 saturated carbocycles. The fourth-order valence-corrected chi connectivity index (χ4v) is 0.752. The van der Waals surface area contributed by atoms with Gasteiger partial charge in [-0.15, -0.1) is 0 Å². The van der Waals surface area contributed by atoms with Gasteiger partial charge in [0.25, 0.3) is 0 Å². The Bertz CT molecular complexity index is 303. The average molecular weight is 484 g/mol. The molecule has 8 heteroatoms. The fraction of sp³-hybridized carbons (Fsp3) is 0.400. The van der Waals surface area contributed by atoms with Gasteiger partial charge in [-0.25, -0.2) is 0 Å². The van der Waals surface area contributed by atoms with Crippen molar-refractivity contribution in [2.45, 2.75) is 0 Å². The molecule has 7 nitrogen and oxygen atoms in total. The van der Waals surface area contributed by atoms with Gasteiger partial charge in [-0.3, -0.25) is 5.21 Å². The SMILES string of the molecule is CO.CO.CO.CO.[U].c1ccc2[n-]nnc2c1. The van der Waals surface area contributed by atoms with Crippen molar-refractivity contribution in [1.29, 1.82) is 0 Å². The molecule has 0 aliphatic carbocycles. The molecule has 0 spiro atoms. The Hall–Kier alpha value is -0.488.